The molecule has 11 nitrogen and oxygen atoms in total. The van der Waals surface area contributed by atoms with Gasteiger partial charge in [-0.2, -0.15) is 15.0 Å². The van der Waals surface area contributed by atoms with Crippen molar-refractivity contribution >= 4 is 29.0 Å². The summed E-state index contributed by atoms with van der Waals surface area (Å²) >= 11 is 0. The Morgan fingerprint density at radius 1 is 1.16 bits per heavy atom. The smallest absolute Gasteiger partial charge is 0.273 e. The standard InChI is InChI=1S/C21H24N8O3/c1-11-17(28-29(3)27-11)13-6-5-7-14(19(13)32-4)23-15-10-16(24-20(30)12-8-9-12)25-26-18(15)21(31)22-2/h5-7,10,12H,8-9H2,1-4H3,(H,22,31)(H2,23,24,25,30). The van der Waals surface area contributed by atoms with Crippen LogP contribution in [0, 0.1) is 12.8 Å². The molecule has 1 aromatic carbocycles. The fraction of sp³-hybridized carbons (Fsp3) is 0.333. The van der Waals surface area contributed by atoms with Crippen LogP contribution in [-0.4, -0.2) is 51.2 Å². The summed E-state index contributed by atoms with van der Waals surface area (Å²) in [4.78, 5) is 26.0. The predicted octanol–water partition coefficient (Wildman–Crippen LogP) is 2.04. The quantitative estimate of drug-likeness (QED) is 0.512. The van der Waals surface area contributed by atoms with E-state index in [4.69, 9.17) is 4.74 Å². The van der Waals surface area contributed by atoms with Crippen molar-refractivity contribution in [3.63, 3.8) is 0 Å². The Morgan fingerprint density at radius 3 is 2.56 bits per heavy atom. The van der Waals surface area contributed by atoms with Crippen molar-refractivity contribution in [2.45, 2.75) is 19.8 Å². The SMILES string of the molecule is CNC(=O)c1nnc(NC(=O)C2CC2)cc1Nc1cccc(-c2nn(C)nc2C)c1OC. The summed E-state index contributed by atoms with van der Waals surface area (Å²) in [6.45, 7) is 1.87. The van der Waals surface area contributed by atoms with Crippen LogP contribution in [0.4, 0.5) is 17.2 Å². The van der Waals surface area contributed by atoms with Crippen LogP contribution in [0.25, 0.3) is 11.3 Å². The Balaban J connectivity index is 1.73. The molecule has 1 aliphatic rings. The summed E-state index contributed by atoms with van der Waals surface area (Å²) in [5, 5.41) is 25.3. The zero-order chi connectivity index (χ0) is 22.8. The largest absolute Gasteiger partial charge is 0.494 e. The first kappa shape index (κ1) is 21.2. The molecule has 0 atom stereocenters. The monoisotopic (exact) mass is 436 g/mol. The topological polar surface area (TPSA) is 136 Å². The molecule has 32 heavy (non-hydrogen) atoms. The number of carbonyl (C=O) groups excluding carboxylic acids is 2. The summed E-state index contributed by atoms with van der Waals surface area (Å²) in [7, 11) is 4.82. The molecule has 3 N–H and O–H groups in total. The molecule has 2 heterocycles. The highest BCUT2D eigenvalue weighted by molar-refractivity contribution is 6.00. The van der Waals surface area contributed by atoms with Crippen molar-refractivity contribution in [1.82, 2.24) is 30.5 Å². The molecule has 0 saturated heterocycles. The van der Waals surface area contributed by atoms with Crippen LogP contribution >= 0.6 is 0 Å². The maximum atomic E-state index is 12.4. The van der Waals surface area contributed by atoms with Gasteiger partial charge in [0.2, 0.25) is 5.91 Å². The van der Waals surface area contributed by atoms with Crippen molar-refractivity contribution in [2.75, 3.05) is 24.8 Å². The molecular formula is C21H24N8O3. The molecule has 1 saturated carbocycles. The molecule has 2 aromatic heterocycles. The van der Waals surface area contributed by atoms with E-state index in [1.807, 2.05) is 25.1 Å². The average molecular weight is 436 g/mol. The number of ether oxygens (including phenoxy) is 1. The normalized spacial score (nSPS) is 12.9. The second-order valence-electron chi connectivity index (χ2n) is 7.47. The molecule has 0 spiro atoms. The van der Waals surface area contributed by atoms with Crippen molar-refractivity contribution in [3.05, 3.63) is 35.7 Å². The van der Waals surface area contributed by atoms with Crippen molar-refractivity contribution < 1.29 is 14.3 Å². The molecule has 1 aliphatic carbocycles. The van der Waals surface area contributed by atoms with Crippen molar-refractivity contribution in [3.8, 4) is 17.0 Å². The molecule has 2 amide bonds. The maximum Gasteiger partial charge on any atom is 0.273 e. The molecule has 0 aliphatic heterocycles. The number of para-hydroxylation sites is 1. The molecule has 166 valence electrons. The summed E-state index contributed by atoms with van der Waals surface area (Å²) in [5.41, 5.74) is 3.23. The van der Waals surface area contributed by atoms with Gasteiger partial charge in [-0.15, -0.1) is 10.2 Å². The van der Waals surface area contributed by atoms with Gasteiger partial charge >= 0.3 is 0 Å². The number of benzene rings is 1. The Hall–Kier alpha value is -4.02. The molecule has 0 unspecified atom stereocenters. The van der Waals surface area contributed by atoms with E-state index in [1.54, 1.807) is 20.2 Å². The number of carbonyl (C=O) groups is 2. The highest BCUT2D eigenvalue weighted by atomic mass is 16.5. The summed E-state index contributed by atoms with van der Waals surface area (Å²) < 4.78 is 5.68. The van der Waals surface area contributed by atoms with Gasteiger partial charge in [0.05, 0.1) is 24.2 Å². The molecular weight excluding hydrogens is 412 g/mol. The van der Waals surface area contributed by atoms with Crippen LogP contribution in [-0.2, 0) is 11.8 Å². The van der Waals surface area contributed by atoms with Crippen LogP contribution in [0.5, 0.6) is 5.75 Å². The number of aromatic nitrogens is 5. The second-order valence-corrected chi connectivity index (χ2v) is 7.47. The number of aryl methyl sites for hydroxylation is 2. The number of rotatable bonds is 7. The predicted molar refractivity (Wildman–Crippen MR) is 118 cm³/mol. The minimum absolute atomic E-state index is 0.0128. The van der Waals surface area contributed by atoms with E-state index < -0.39 is 5.91 Å². The fourth-order valence-electron chi connectivity index (χ4n) is 3.35. The first-order chi connectivity index (χ1) is 15.4. The number of nitrogens with zero attached hydrogens (tertiary/aromatic N) is 5. The maximum absolute atomic E-state index is 12.4. The van der Waals surface area contributed by atoms with Gasteiger partial charge in [0.25, 0.3) is 5.91 Å². The number of nitrogens with one attached hydrogen (secondary N) is 3. The van der Waals surface area contributed by atoms with Gasteiger partial charge < -0.3 is 20.7 Å². The average Bonchev–Trinajstić information content (AvgIpc) is 3.57. The third-order valence-electron chi connectivity index (χ3n) is 5.06. The van der Waals surface area contributed by atoms with Crippen LogP contribution in [0.3, 0.4) is 0 Å². The van der Waals surface area contributed by atoms with E-state index >= 15 is 0 Å². The third-order valence-corrected chi connectivity index (χ3v) is 5.06. The summed E-state index contributed by atoms with van der Waals surface area (Å²) in [6.07, 6.45) is 1.74. The lowest BCUT2D eigenvalue weighted by Crippen LogP contribution is -2.22. The summed E-state index contributed by atoms with van der Waals surface area (Å²) in [6, 6.07) is 7.12. The van der Waals surface area contributed by atoms with Crippen LogP contribution < -0.4 is 20.7 Å². The van der Waals surface area contributed by atoms with Gasteiger partial charge in [-0.3, -0.25) is 9.59 Å². The number of hydrogen-bond acceptors (Lipinski definition) is 8. The van der Waals surface area contributed by atoms with Crippen LogP contribution in [0.2, 0.25) is 0 Å². The molecule has 11 heteroatoms. The highest BCUT2D eigenvalue weighted by Crippen LogP contribution is 2.38. The zero-order valence-corrected chi connectivity index (χ0v) is 18.3. The van der Waals surface area contributed by atoms with E-state index in [-0.39, 0.29) is 23.3 Å². The van der Waals surface area contributed by atoms with Crippen molar-refractivity contribution in [1.29, 1.82) is 0 Å². The lowest BCUT2D eigenvalue weighted by atomic mass is 10.1. The van der Waals surface area contributed by atoms with Gasteiger partial charge in [0.15, 0.2) is 17.3 Å². The van der Waals surface area contributed by atoms with Crippen molar-refractivity contribution in [2.24, 2.45) is 13.0 Å². The number of anilines is 3. The van der Waals surface area contributed by atoms with E-state index in [2.05, 4.69) is 36.3 Å². The van der Waals surface area contributed by atoms with E-state index in [9.17, 15) is 9.59 Å². The Bertz CT molecular complexity index is 1190. The summed E-state index contributed by atoms with van der Waals surface area (Å²) in [5.74, 6) is 0.283. The van der Waals surface area contributed by atoms with E-state index in [0.29, 0.717) is 22.8 Å². The number of hydrogen-bond donors (Lipinski definition) is 3. The minimum Gasteiger partial charge on any atom is -0.494 e. The lowest BCUT2D eigenvalue weighted by Gasteiger charge is -2.16. The molecule has 1 fully saturated rings. The van der Waals surface area contributed by atoms with Gasteiger partial charge in [0, 0.05) is 31.6 Å². The number of amides is 2. The molecule has 0 bridgehead atoms. The van der Waals surface area contributed by atoms with Gasteiger partial charge in [-0.05, 0) is 31.9 Å². The highest BCUT2D eigenvalue weighted by Gasteiger charge is 2.30. The Labute approximate surface area is 184 Å². The number of methoxy groups -OCH3 is 1. The molecule has 4 rings (SSSR count). The van der Waals surface area contributed by atoms with E-state index in [0.717, 1.165) is 24.1 Å². The lowest BCUT2D eigenvalue weighted by molar-refractivity contribution is -0.117. The third kappa shape index (κ3) is 4.22. The first-order valence-electron chi connectivity index (χ1n) is 10.1. The Morgan fingerprint density at radius 2 is 1.94 bits per heavy atom. The molecule has 3 aromatic rings. The van der Waals surface area contributed by atoms with Crippen LogP contribution in [0.1, 0.15) is 29.0 Å². The van der Waals surface area contributed by atoms with Gasteiger partial charge in [-0.25, -0.2) is 0 Å². The Kier molecular flexibility index (Phi) is 5.71. The second kappa shape index (κ2) is 8.61. The van der Waals surface area contributed by atoms with Gasteiger partial charge in [-0.1, -0.05) is 6.07 Å². The first-order valence-corrected chi connectivity index (χ1v) is 10.1. The van der Waals surface area contributed by atoms with Gasteiger partial charge in [0.1, 0.15) is 5.69 Å². The van der Waals surface area contributed by atoms with Crippen LogP contribution in [0.15, 0.2) is 24.3 Å². The molecule has 0 radical (unpaired) electrons. The fourth-order valence-corrected chi connectivity index (χ4v) is 3.35. The van der Waals surface area contributed by atoms with E-state index in [1.165, 1.54) is 11.8 Å². The zero-order valence-electron chi connectivity index (χ0n) is 18.3. The minimum atomic E-state index is -0.417.